The smallest absolute Gasteiger partial charge is 0.254 e. The average molecular weight is 286 g/mol. The van der Waals surface area contributed by atoms with E-state index in [0.717, 1.165) is 23.6 Å². The molecule has 0 bridgehead atoms. The zero-order valence-electron chi connectivity index (χ0n) is 10.9. The number of carbonyl (C=O) groups is 1. The maximum Gasteiger partial charge on any atom is 0.254 e. The van der Waals surface area contributed by atoms with Crippen molar-refractivity contribution in [3.63, 3.8) is 0 Å². The van der Waals surface area contributed by atoms with Crippen LogP contribution in [0.2, 0.25) is 0 Å². The Kier molecular flexibility index (Phi) is 4.29. The van der Waals surface area contributed by atoms with E-state index in [9.17, 15) is 13.6 Å². The normalized spacial score (nSPS) is 19.4. The molecule has 1 aromatic carbocycles. The largest absolute Gasteiger partial charge is 0.383 e. The van der Waals surface area contributed by atoms with E-state index in [1.807, 2.05) is 6.92 Å². The van der Waals surface area contributed by atoms with Gasteiger partial charge in [-0.1, -0.05) is 0 Å². The quantitative estimate of drug-likeness (QED) is 0.907. The van der Waals surface area contributed by atoms with Crippen LogP contribution in [0.3, 0.4) is 0 Å². The molecule has 0 radical (unpaired) electrons. The summed E-state index contributed by atoms with van der Waals surface area (Å²) < 4.78 is 27.3. The maximum absolute atomic E-state index is 13.7. The molecule has 104 valence electrons. The molecule has 1 saturated heterocycles. The van der Waals surface area contributed by atoms with Crippen LogP contribution >= 0.6 is 11.8 Å². The molecule has 3 nitrogen and oxygen atoms in total. The van der Waals surface area contributed by atoms with Gasteiger partial charge in [0, 0.05) is 36.7 Å². The summed E-state index contributed by atoms with van der Waals surface area (Å²) in [6.45, 7) is 2.56. The first-order valence-electron chi connectivity index (χ1n) is 6.10. The highest BCUT2D eigenvalue weighted by atomic mass is 32.2. The van der Waals surface area contributed by atoms with Crippen LogP contribution in [-0.2, 0) is 0 Å². The third kappa shape index (κ3) is 2.83. The summed E-state index contributed by atoms with van der Waals surface area (Å²) in [4.78, 5) is 13.9. The number of anilines is 1. The molecule has 0 aromatic heterocycles. The highest BCUT2D eigenvalue weighted by Crippen LogP contribution is 2.23. The van der Waals surface area contributed by atoms with Crippen LogP contribution in [0.1, 0.15) is 17.3 Å². The topological polar surface area (TPSA) is 32.3 Å². The number of hydrogen-bond donors (Lipinski definition) is 1. The van der Waals surface area contributed by atoms with Crippen molar-refractivity contribution in [3.8, 4) is 0 Å². The minimum atomic E-state index is -0.745. The molecule has 2 rings (SSSR count). The number of halogens is 2. The lowest BCUT2D eigenvalue weighted by Crippen LogP contribution is -2.44. The van der Waals surface area contributed by atoms with Crippen LogP contribution in [0, 0.1) is 11.6 Å². The first kappa shape index (κ1) is 14.1. The van der Waals surface area contributed by atoms with Gasteiger partial charge in [-0.2, -0.15) is 11.8 Å². The number of amides is 1. The molecule has 1 aliphatic rings. The predicted octanol–water partition coefficient (Wildman–Crippen LogP) is 2.58. The van der Waals surface area contributed by atoms with Crippen molar-refractivity contribution < 1.29 is 13.6 Å². The summed E-state index contributed by atoms with van der Waals surface area (Å²) in [5, 5.41) is 2.44. The van der Waals surface area contributed by atoms with Gasteiger partial charge in [0.2, 0.25) is 0 Å². The van der Waals surface area contributed by atoms with Gasteiger partial charge in [0.05, 0.1) is 0 Å². The van der Waals surface area contributed by atoms with Crippen molar-refractivity contribution in [1.82, 2.24) is 4.90 Å². The fourth-order valence-corrected chi connectivity index (χ4v) is 3.14. The van der Waals surface area contributed by atoms with Crippen molar-refractivity contribution in [2.24, 2.45) is 0 Å². The minimum absolute atomic E-state index is 0.0627. The fourth-order valence-electron chi connectivity index (χ4n) is 2.13. The van der Waals surface area contributed by atoms with E-state index in [-0.39, 0.29) is 23.2 Å². The molecule has 1 fully saturated rings. The summed E-state index contributed by atoms with van der Waals surface area (Å²) in [6, 6.07) is 2.26. The Hall–Kier alpha value is -1.30. The van der Waals surface area contributed by atoms with E-state index in [4.69, 9.17) is 0 Å². The Balaban J connectivity index is 2.28. The molecule has 1 amide bonds. The zero-order chi connectivity index (χ0) is 14.0. The summed E-state index contributed by atoms with van der Waals surface area (Å²) in [5.41, 5.74) is -0.147. The van der Waals surface area contributed by atoms with Gasteiger partial charge in [-0.05, 0) is 19.1 Å². The molecule has 6 heteroatoms. The second-order valence-corrected chi connectivity index (χ2v) is 5.64. The van der Waals surface area contributed by atoms with Crippen molar-refractivity contribution in [2.75, 3.05) is 30.4 Å². The predicted molar refractivity (Wildman–Crippen MR) is 73.7 cm³/mol. The Morgan fingerprint density at radius 3 is 2.58 bits per heavy atom. The number of nitrogens with one attached hydrogen (secondary N) is 1. The number of thioether (sulfide) groups is 1. The maximum atomic E-state index is 13.7. The van der Waals surface area contributed by atoms with Crippen LogP contribution in [0.4, 0.5) is 14.5 Å². The third-order valence-corrected chi connectivity index (χ3v) is 4.36. The van der Waals surface area contributed by atoms with Gasteiger partial charge in [0.15, 0.2) is 0 Å². The number of rotatable bonds is 2. The lowest BCUT2D eigenvalue weighted by molar-refractivity contribution is 0.0715. The number of benzene rings is 1. The van der Waals surface area contributed by atoms with Gasteiger partial charge in [-0.15, -0.1) is 0 Å². The highest BCUT2D eigenvalue weighted by molar-refractivity contribution is 7.99. The van der Waals surface area contributed by atoms with Crippen molar-refractivity contribution in [2.45, 2.75) is 13.0 Å². The van der Waals surface area contributed by atoms with Gasteiger partial charge < -0.3 is 10.2 Å². The third-order valence-electron chi connectivity index (χ3n) is 3.17. The second kappa shape index (κ2) is 5.77. The van der Waals surface area contributed by atoms with E-state index >= 15 is 0 Å². The molecule has 0 saturated carbocycles. The molecule has 19 heavy (non-hydrogen) atoms. The Bertz CT molecular complexity index is 473. The molecule has 1 heterocycles. The molecule has 0 spiro atoms. The lowest BCUT2D eigenvalue weighted by atomic mass is 10.1. The average Bonchev–Trinajstić information content (AvgIpc) is 2.38. The van der Waals surface area contributed by atoms with E-state index in [1.165, 1.54) is 7.05 Å². The molecule has 1 N–H and O–H groups in total. The lowest BCUT2D eigenvalue weighted by Gasteiger charge is -2.33. The zero-order valence-corrected chi connectivity index (χ0v) is 11.7. The van der Waals surface area contributed by atoms with Crippen LogP contribution in [-0.4, -0.2) is 41.9 Å². The van der Waals surface area contributed by atoms with Crippen molar-refractivity contribution in [3.05, 3.63) is 29.3 Å². The van der Waals surface area contributed by atoms with E-state index < -0.39 is 11.6 Å². The first-order valence-corrected chi connectivity index (χ1v) is 7.25. The van der Waals surface area contributed by atoms with Gasteiger partial charge in [-0.3, -0.25) is 4.79 Å². The van der Waals surface area contributed by atoms with Gasteiger partial charge in [0.1, 0.15) is 17.3 Å². The van der Waals surface area contributed by atoms with E-state index in [0.29, 0.717) is 6.54 Å². The molecule has 1 aliphatic heterocycles. The number of nitrogens with zero attached hydrogens (tertiary/aromatic N) is 1. The van der Waals surface area contributed by atoms with Gasteiger partial charge >= 0.3 is 0 Å². The monoisotopic (exact) mass is 286 g/mol. The molecule has 1 atom stereocenters. The van der Waals surface area contributed by atoms with E-state index in [2.05, 4.69) is 5.32 Å². The Morgan fingerprint density at radius 1 is 1.42 bits per heavy atom. The molecular formula is C13H16F2N2OS. The molecule has 1 unspecified atom stereocenters. The summed E-state index contributed by atoms with van der Waals surface area (Å²) in [6.07, 6.45) is 0. The van der Waals surface area contributed by atoms with E-state index in [1.54, 1.807) is 16.7 Å². The number of hydrogen-bond acceptors (Lipinski definition) is 3. The van der Waals surface area contributed by atoms with Crippen LogP contribution < -0.4 is 5.32 Å². The Morgan fingerprint density at radius 2 is 2.05 bits per heavy atom. The Labute approximate surface area is 115 Å². The highest BCUT2D eigenvalue weighted by Gasteiger charge is 2.26. The minimum Gasteiger partial charge on any atom is -0.383 e. The molecule has 1 aromatic rings. The molecular weight excluding hydrogens is 270 g/mol. The summed E-state index contributed by atoms with van der Waals surface area (Å²) >= 11 is 1.78. The second-order valence-electron chi connectivity index (χ2n) is 4.49. The van der Waals surface area contributed by atoms with Crippen LogP contribution in [0.25, 0.3) is 0 Å². The van der Waals surface area contributed by atoms with Crippen molar-refractivity contribution >= 4 is 23.4 Å². The fraction of sp³-hybridized carbons (Fsp3) is 0.462. The summed E-state index contributed by atoms with van der Waals surface area (Å²) in [5.74, 6) is -0.0935. The first-order chi connectivity index (χ1) is 9.04. The standard InChI is InChI=1S/C13H16F2N2OS/c1-8-7-19-4-3-17(8)13(18)9-5-10(14)12(16-2)11(15)6-9/h5-6,8,16H,3-4,7H2,1-2H3. The van der Waals surface area contributed by atoms with Gasteiger partial charge in [0.25, 0.3) is 5.91 Å². The number of carbonyl (C=O) groups excluding carboxylic acids is 1. The molecule has 0 aliphatic carbocycles. The summed E-state index contributed by atoms with van der Waals surface area (Å²) in [7, 11) is 1.44. The van der Waals surface area contributed by atoms with Crippen LogP contribution in [0.15, 0.2) is 12.1 Å². The van der Waals surface area contributed by atoms with Crippen molar-refractivity contribution in [1.29, 1.82) is 0 Å². The SMILES string of the molecule is CNc1c(F)cc(C(=O)N2CCSCC2C)cc1F. The van der Waals surface area contributed by atoms with Gasteiger partial charge in [-0.25, -0.2) is 8.78 Å². The van der Waals surface area contributed by atoms with Crippen LogP contribution in [0.5, 0.6) is 0 Å².